The quantitative estimate of drug-likeness (QED) is 0.694. The molecule has 1 rings (SSSR count). The van der Waals surface area contributed by atoms with Crippen molar-refractivity contribution in [3.05, 3.63) is 33.8 Å². The molecule has 0 aromatic heterocycles. The second-order valence-electron chi connectivity index (χ2n) is 3.85. The summed E-state index contributed by atoms with van der Waals surface area (Å²) in [6, 6.07) is 6.36. The first-order chi connectivity index (χ1) is 7.20. The van der Waals surface area contributed by atoms with Gasteiger partial charge < -0.3 is 0 Å². The zero-order chi connectivity index (χ0) is 11.3. The predicted octanol–water partition coefficient (Wildman–Crippen LogP) is 4.66. The highest BCUT2D eigenvalue weighted by molar-refractivity contribution is 9.10. The highest BCUT2D eigenvalue weighted by atomic mass is 79.9. The zero-order valence-electron chi connectivity index (χ0n) is 9.39. The number of hydrogen-bond donors (Lipinski definition) is 0. The molecular formula is C14H17Br. The molecule has 0 heterocycles. The Balaban J connectivity index is 3.00. The van der Waals surface area contributed by atoms with Crippen LogP contribution in [0.5, 0.6) is 0 Å². The molecule has 0 spiro atoms. The van der Waals surface area contributed by atoms with Crippen LogP contribution in [0, 0.1) is 19.3 Å². The first-order valence-electron chi connectivity index (χ1n) is 5.39. The van der Waals surface area contributed by atoms with E-state index in [1.54, 1.807) is 0 Å². The fourth-order valence-corrected chi connectivity index (χ4v) is 2.31. The van der Waals surface area contributed by atoms with Crippen molar-refractivity contribution < 1.29 is 0 Å². The Morgan fingerprint density at radius 2 is 2.20 bits per heavy atom. The van der Waals surface area contributed by atoms with Gasteiger partial charge in [0.25, 0.3) is 0 Å². The van der Waals surface area contributed by atoms with Crippen molar-refractivity contribution in [2.75, 3.05) is 0 Å². The lowest BCUT2D eigenvalue weighted by Gasteiger charge is -2.17. The molecule has 1 aromatic carbocycles. The molecule has 0 aliphatic heterocycles. The van der Waals surface area contributed by atoms with Crippen LogP contribution in [-0.4, -0.2) is 0 Å². The number of terminal acetylenes is 1. The molecule has 0 bridgehead atoms. The molecule has 0 N–H and O–H groups in total. The average Bonchev–Trinajstić information content (AvgIpc) is 2.22. The molecule has 1 aromatic rings. The van der Waals surface area contributed by atoms with Crippen molar-refractivity contribution in [3.8, 4) is 12.3 Å². The van der Waals surface area contributed by atoms with Gasteiger partial charge in [0.1, 0.15) is 0 Å². The van der Waals surface area contributed by atoms with Crippen LogP contribution < -0.4 is 0 Å². The van der Waals surface area contributed by atoms with Crippen LogP contribution in [0.4, 0.5) is 0 Å². The van der Waals surface area contributed by atoms with Gasteiger partial charge in [-0.05, 0) is 36.5 Å². The number of hydrogen-bond acceptors (Lipinski definition) is 0. The Bertz CT molecular complexity index is 360. The van der Waals surface area contributed by atoms with E-state index in [0.717, 1.165) is 6.42 Å². The van der Waals surface area contributed by atoms with Crippen LogP contribution in [0.15, 0.2) is 22.7 Å². The van der Waals surface area contributed by atoms with Crippen LogP contribution in [0.25, 0.3) is 0 Å². The van der Waals surface area contributed by atoms with Crippen molar-refractivity contribution in [1.29, 1.82) is 0 Å². The minimum atomic E-state index is 0.512. The SMILES string of the molecule is C#CCC(CCC)c1cccc(Br)c1C. The lowest BCUT2D eigenvalue weighted by molar-refractivity contribution is 0.625. The Morgan fingerprint density at radius 3 is 2.80 bits per heavy atom. The second kappa shape index (κ2) is 5.98. The Morgan fingerprint density at radius 1 is 1.47 bits per heavy atom. The summed E-state index contributed by atoms with van der Waals surface area (Å²) in [5, 5.41) is 0. The molecule has 80 valence electrons. The van der Waals surface area contributed by atoms with Gasteiger partial charge in [-0.25, -0.2) is 0 Å². The number of benzene rings is 1. The maximum Gasteiger partial charge on any atom is 0.0207 e. The zero-order valence-corrected chi connectivity index (χ0v) is 11.0. The van der Waals surface area contributed by atoms with Crippen molar-refractivity contribution in [1.82, 2.24) is 0 Å². The van der Waals surface area contributed by atoms with Gasteiger partial charge >= 0.3 is 0 Å². The van der Waals surface area contributed by atoms with Crippen LogP contribution in [0.1, 0.15) is 43.2 Å². The molecule has 0 saturated carbocycles. The van der Waals surface area contributed by atoms with Gasteiger partial charge in [0, 0.05) is 10.9 Å². The first-order valence-corrected chi connectivity index (χ1v) is 6.18. The largest absolute Gasteiger partial charge is 0.120 e. The third kappa shape index (κ3) is 3.11. The summed E-state index contributed by atoms with van der Waals surface area (Å²) < 4.78 is 1.18. The molecule has 0 fully saturated rings. The summed E-state index contributed by atoms with van der Waals surface area (Å²) in [5.41, 5.74) is 2.72. The first kappa shape index (κ1) is 12.3. The Kier molecular flexibility index (Phi) is 4.91. The third-order valence-corrected chi connectivity index (χ3v) is 3.61. The van der Waals surface area contributed by atoms with Gasteiger partial charge in [-0.1, -0.05) is 41.4 Å². The highest BCUT2D eigenvalue weighted by Crippen LogP contribution is 2.30. The van der Waals surface area contributed by atoms with Crippen molar-refractivity contribution in [2.45, 2.75) is 39.0 Å². The van der Waals surface area contributed by atoms with E-state index >= 15 is 0 Å². The summed E-state index contributed by atoms with van der Waals surface area (Å²) in [4.78, 5) is 0. The van der Waals surface area contributed by atoms with E-state index in [0.29, 0.717) is 5.92 Å². The van der Waals surface area contributed by atoms with Crippen molar-refractivity contribution in [2.24, 2.45) is 0 Å². The van der Waals surface area contributed by atoms with E-state index in [2.05, 4.69) is 53.9 Å². The van der Waals surface area contributed by atoms with Crippen LogP contribution in [0.2, 0.25) is 0 Å². The molecule has 1 atom stereocenters. The minimum Gasteiger partial charge on any atom is -0.120 e. The lowest BCUT2D eigenvalue weighted by Crippen LogP contribution is -2.00. The topological polar surface area (TPSA) is 0 Å². The molecule has 0 aliphatic carbocycles. The van der Waals surface area contributed by atoms with E-state index in [4.69, 9.17) is 6.42 Å². The highest BCUT2D eigenvalue weighted by Gasteiger charge is 2.12. The van der Waals surface area contributed by atoms with Gasteiger partial charge in [0.05, 0.1) is 0 Å². The van der Waals surface area contributed by atoms with Gasteiger partial charge in [-0.3, -0.25) is 0 Å². The maximum absolute atomic E-state index is 5.42. The van der Waals surface area contributed by atoms with Gasteiger partial charge in [0.15, 0.2) is 0 Å². The van der Waals surface area contributed by atoms with Gasteiger partial charge in [-0.15, -0.1) is 12.3 Å². The molecule has 0 aliphatic rings. The third-order valence-electron chi connectivity index (χ3n) is 2.75. The summed E-state index contributed by atoms with van der Waals surface area (Å²) in [7, 11) is 0. The monoisotopic (exact) mass is 264 g/mol. The van der Waals surface area contributed by atoms with E-state index in [1.807, 2.05) is 0 Å². The maximum atomic E-state index is 5.42. The molecule has 0 nitrogen and oxygen atoms in total. The lowest BCUT2D eigenvalue weighted by atomic mass is 9.89. The normalized spacial score (nSPS) is 12.1. The number of halogens is 1. The molecule has 1 unspecified atom stereocenters. The van der Waals surface area contributed by atoms with Crippen LogP contribution in [0.3, 0.4) is 0 Å². The van der Waals surface area contributed by atoms with E-state index < -0.39 is 0 Å². The molecule has 1 heteroatoms. The van der Waals surface area contributed by atoms with E-state index in [1.165, 1.54) is 28.4 Å². The predicted molar refractivity (Wildman–Crippen MR) is 70.0 cm³/mol. The average molecular weight is 265 g/mol. The summed E-state index contributed by atoms with van der Waals surface area (Å²) >= 11 is 3.56. The smallest absolute Gasteiger partial charge is 0.0207 e. The van der Waals surface area contributed by atoms with E-state index in [-0.39, 0.29) is 0 Å². The molecule has 0 radical (unpaired) electrons. The summed E-state index contributed by atoms with van der Waals surface area (Å²) in [6.07, 6.45) is 8.61. The second-order valence-corrected chi connectivity index (χ2v) is 4.70. The van der Waals surface area contributed by atoms with Crippen LogP contribution >= 0.6 is 15.9 Å². The molecule has 0 amide bonds. The Hall–Kier alpha value is -0.740. The van der Waals surface area contributed by atoms with Crippen LogP contribution in [-0.2, 0) is 0 Å². The summed E-state index contributed by atoms with van der Waals surface area (Å²) in [6.45, 7) is 4.36. The fraction of sp³-hybridized carbons (Fsp3) is 0.429. The minimum absolute atomic E-state index is 0.512. The summed E-state index contributed by atoms with van der Waals surface area (Å²) in [5.74, 6) is 3.29. The fourth-order valence-electron chi connectivity index (χ4n) is 1.92. The van der Waals surface area contributed by atoms with Crippen molar-refractivity contribution in [3.63, 3.8) is 0 Å². The Labute approximate surface area is 101 Å². The molecule has 15 heavy (non-hydrogen) atoms. The van der Waals surface area contributed by atoms with Gasteiger partial charge in [0.2, 0.25) is 0 Å². The standard InChI is InChI=1S/C14H17Br/c1-4-7-12(8-5-2)13-9-6-10-14(15)11(13)3/h1,6,9-10,12H,5,7-8H2,2-3H3. The number of rotatable bonds is 4. The molecular weight excluding hydrogens is 248 g/mol. The molecule has 0 saturated heterocycles. The van der Waals surface area contributed by atoms with Crippen molar-refractivity contribution >= 4 is 15.9 Å². The van der Waals surface area contributed by atoms with E-state index in [9.17, 15) is 0 Å². The van der Waals surface area contributed by atoms with Gasteiger partial charge in [-0.2, -0.15) is 0 Å².